The Morgan fingerprint density at radius 2 is 1.55 bits per heavy atom. The van der Waals surface area contributed by atoms with E-state index in [2.05, 4.69) is 19.2 Å². The Morgan fingerprint density at radius 1 is 1.00 bits per heavy atom. The summed E-state index contributed by atoms with van der Waals surface area (Å²) >= 11 is 0. The van der Waals surface area contributed by atoms with Gasteiger partial charge in [0, 0.05) is 6.04 Å². The highest BCUT2D eigenvalue weighted by molar-refractivity contribution is 5.85. The zero-order chi connectivity index (χ0) is 14.8. The molecule has 0 unspecified atom stereocenters. The lowest BCUT2D eigenvalue weighted by atomic mass is 9.75. The number of nitrogens with one attached hydrogen (secondary N) is 1. The summed E-state index contributed by atoms with van der Waals surface area (Å²) in [6, 6.07) is 0.242. The lowest BCUT2D eigenvalue weighted by Gasteiger charge is -2.36. The minimum atomic E-state index is -0.811. The van der Waals surface area contributed by atoms with Gasteiger partial charge in [0.2, 0.25) is 5.91 Å². The summed E-state index contributed by atoms with van der Waals surface area (Å²) in [5.41, 5.74) is 0.385. The number of carbonyl (C=O) groups is 2. The summed E-state index contributed by atoms with van der Waals surface area (Å²) in [6.07, 6.45) is 7.56. The maximum atomic E-state index is 12.4. The second-order valence-corrected chi connectivity index (χ2v) is 7.28. The molecule has 0 radical (unpaired) electrons. The molecule has 0 heterocycles. The first kappa shape index (κ1) is 15.3. The molecular formula is C16H27NO3. The molecule has 0 bridgehead atoms. The van der Waals surface area contributed by atoms with E-state index in [1.165, 1.54) is 0 Å². The lowest BCUT2D eigenvalue weighted by Crippen LogP contribution is -2.45. The normalized spacial score (nSPS) is 30.7. The van der Waals surface area contributed by atoms with Gasteiger partial charge in [-0.05, 0) is 43.9 Å². The Kier molecular flexibility index (Phi) is 4.71. The minimum Gasteiger partial charge on any atom is -0.481 e. The van der Waals surface area contributed by atoms with E-state index in [9.17, 15) is 14.7 Å². The van der Waals surface area contributed by atoms with Crippen molar-refractivity contribution in [1.29, 1.82) is 0 Å². The SMILES string of the molecule is CC1(C)CCC(NC(=O)[C@@H]2CCCC[C@@H]2C(=O)O)CC1. The van der Waals surface area contributed by atoms with E-state index >= 15 is 0 Å². The van der Waals surface area contributed by atoms with Crippen LogP contribution in [-0.2, 0) is 9.59 Å². The summed E-state index contributed by atoms with van der Waals surface area (Å²) in [4.78, 5) is 23.6. The van der Waals surface area contributed by atoms with Gasteiger partial charge < -0.3 is 10.4 Å². The minimum absolute atomic E-state index is 0.0261. The highest BCUT2D eigenvalue weighted by atomic mass is 16.4. The number of carbonyl (C=O) groups excluding carboxylic acids is 1. The van der Waals surface area contributed by atoms with Crippen LogP contribution in [0.15, 0.2) is 0 Å². The van der Waals surface area contributed by atoms with Crippen LogP contribution in [0.5, 0.6) is 0 Å². The molecule has 0 aromatic heterocycles. The van der Waals surface area contributed by atoms with Gasteiger partial charge in [0.05, 0.1) is 11.8 Å². The van der Waals surface area contributed by atoms with Gasteiger partial charge in [-0.2, -0.15) is 0 Å². The van der Waals surface area contributed by atoms with E-state index in [4.69, 9.17) is 0 Å². The van der Waals surface area contributed by atoms with Crippen molar-refractivity contribution in [3.63, 3.8) is 0 Å². The number of rotatable bonds is 3. The maximum absolute atomic E-state index is 12.4. The predicted molar refractivity (Wildman–Crippen MR) is 77.3 cm³/mol. The monoisotopic (exact) mass is 281 g/mol. The molecule has 0 aromatic rings. The molecule has 20 heavy (non-hydrogen) atoms. The van der Waals surface area contributed by atoms with Crippen LogP contribution in [0, 0.1) is 17.3 Å². The van der Waals surface area contributed by atoms with Crippen molar-refractivity contribution in [3.8, 4) is 0 Å². The van der Waals surface area contributed by atoms with Crippen LogP contribution >= 0.6 is 0 Å². The van der Waals surface area contributed by atoms with Gasteiger partial charge in [-0.3, -0.25) is 9.59 Å². The number of amides is 1. The van der Waals surface area contributed by atoms with Crippen LogP contribution in [0.25, 0.3) is 0 Å². The van der Waals surface area contributed by atoms with Crippen LogP contribution < -0.4 is 5.32 Å². The third-order valence-corrected chi connectivity index (χ3v) is 5.11. The average molecular weight is 281 g/mol. The molecule has 0 spiro atoms. The van der Waals surface area contributed by atoms with Crippen LogP contribution in [0.3, 0.4) is 0 Å². The Bertz CT molecular complexity index is 368. The molecule has 2 N–H and O–H groups in total. The quantitative estimate of drug-likeness (QED) is 0.835. The fourth-order valence-corrected chi connectivity index (χ4v) is 3.59. The molecule has 2 aliphatic rings. The summed E-state index contributed by atoms with van der Waals surface area (Å²) < 4.78 is 0. The van der Waals surface area contributed by atoms with Crippen molar-refractivity contribution in [2.24, 2.45) is 17.3 Å². The summed E-state index contributed by atoms with van der Waals surface area (Å²) in [5, 5.41) is 12.4. The number of hydrogen-bond donors (Lipinski definition) is 2. The summed E-state index contributed by atoms with van der Waals surface area (Å²) in [5.74, 6) is -1.64. The third-order valence-electron chi connectivity index (χ3n) is 5.11. The van der Waals surface area contributed by atoms with Crippen LogP contribution in [-0.4, -0.2) is 23.0 Å². The topological polar surface area (TPSA) is 66.4 Å². The molecule has 0 aliphatic heterocycles. The zero-order valence-corrected chi connectivity index (χ0v) is 12.7. The molecule has 2 aliphatic carbocycles. The van der Waals surface area contributed by atoms with Crippen LogP contribution in [0.2, 0.25) is 0 Å². The van der Waals surface area contributed by atoms with Crippen LogP contribution in [0.4, 0.5) is 0 Å². The first-order chi connectivity index (χ1) is 9.39. The zero-order valence-electron chi connectivity index (χ0n) is 12.7. The molecular weight excluding hydrogens is 254 g/mol. The van der Waals surface area contributed by atoms with E-state index < -0.39 is 11.9 Å². The largest absolute Gasteiger partial charge is 0.481 e. The highest BCUT2D eigenvalue weighted by Crippen LogP contribution is 2.36. The molecule has 2 saturated carbocycles. The molecule has 1 amide bonds. The number of carboxylic acid groups (broad SMARTS) is 1. The van der Waals surface area contributed by atoms with E-state index in [-0.39, 0.29) is 17.9 Å². The van der Waals surface area contributed by atoms with Gasteiger partial charge in [0.25, 0.3) is 0 Å². The van der Waals surface area contributed by atoms with E-state index in [1.807, 2.05) is 0 Å². The van der Waals surface area contributed by atoms with Gasteiger partial charge in [0.1, 0.15) is 0 Å². The number of hydrogen-bond acceptors (Lipinski definition) is 2. The molecule has 2 atom stereocenters. The Morgan fingerprint density at radius 3 is 2.10 bits per heavy atom. The molecule has 0 saturated heterocycles. The highest BCUT2D eigenvalue weighted by Gasteiger charge is 2.37. The average Bonchev–Trinajstić information content (AvgIpc) is 2.41. The lowest BCUT2D eigenvalue weighted by molar-refractivity contribution is -0.149. The van der Waals surface area contributed by atoms with Gasteiger partial charge in [-0.1, -0.05) is 26.7 Å². The fraction of sp³-hybridized carbons (Fsp3) is 0.875. The standard InChI is InChI=1S/C16H27NO3/c1-16(2)9-7-11(8-10-16)17-14(18)12-5-3-4-6-13(12)15(19)20/h11-13H,3-10H2,1-2H3,(H,17,18)(H,19,20)/t12-,13+/m1/s1. The van der Waals surface area contributed by atoms with Crippen LogP contribution in [0.1, 0.15) is 65.2 Å². The van der Waals surface area contributed by atoms with Crippen molar-refractivity contribution >= 4 is 11.9 Å². The smallest absolute Gasteiger partial charge is 0.307 e. The molecule has 2 fully saturated rings. The molecule has 4 heteroatoms. The Hall–Kier alpha value is -1.06. The van der Waals surface area contributed by atoms with Crippen molar-refractivity contribution in [1.82, 2.24) is 5.32 Å². The molecule has 2 rings (SSSR count). The Balaban J connectivity index is 1.89. The molecule has 114 valence electrons. The van der Waals surface area contributed by atoms with Crippen molar-refractivity contribution in [2.45, 2.75) is 71.3 Å². The van der Waals surface area contributed by atoms with E-state index in [0.717, 1.165) is 44.9 Å². The molecule has 0 aromatic carbocycles. The van der Waals surface area contributed by atoms with Crippen molar-refractivity contribution in [3.05, 3.63) is 0 Å². The van der Waals surface area contributed by atoms with Crippen molar-refractivity contribution < 1.29 is 14.7 Å². The van der Waals surface area contributed by atoms with Gasteiger partial charge in [0.15, 0.2) is 0 Å². The maximum Gasteiger partial charge on any atom is 0.307 e. The van der Waals surface area contributed by atoms with Gasteiger partial charge in [-0.25, -0.2) is 0 Å². The Labute approximate surface area is 121 Å². The number of aliphatic carboxylic acids is 1. The molecule has 4 nitrogen and oxygen atoms in total. The van der Waals surface area contributed by atoms with Gasteiger partial charge >= 0.3 is 5.97 Å². The van der Waals surface area contributed by atoms with Crippen molar-refractivity contribution in [2.75, 3.05) is 0 Å². The van der Waals surface area contributed by atoms with E-state index in [1.54, 1.807) is 0 Å². The predicted octanol–water partition coefficient (Wildman–Crippen LogP) is 2.96. The fourth-order valence-electron chi connectivity index (χ4n) is 3.59. The summed E-state index contributed by atoms with van der Waals surface area (Å²) in [6.45, 7) is 4.54. The second kappa shape index (κ2) is 6.15. The first-order valence-electron chi connectivity index (χ1n) is 7.92. The first-order valence-corrected chi connectivity index (χ1v) is 7.92. The summed E-state index contributed by atoms with van der Waals surface area (Å²) in [7, 11) is 0. The van der Waals surface area contributed by atoms with Gasteiger partial charge in [-0.15, -0.1) is 0 Å². The second-order valence-electron chi connectivity index (χ2n) is 7.28. The number of carboxylic acids is 1. The van der Waals surface area contributed by atoms with E-state index in [0.29, 0.717) is 11.8 Å². The third kappa shape index (κ3) is 3.74.